The van der Waals surface area contributed by atoms with Gasteiger partial charge < -0.3 is 0 Å². The Kier molecular flexibility index (Phi) is 5.44. The van der Waals surface area contributed by atoms with E-state index in [0.717, 1.165) is 32.1 Å². The number of carbonyl (C=O) groups excluding carboxylic acids is 1. The fraction of sp³-hybridized carbons (Fsp3) is 0.588. The van der Waals surface area contributed by atoms with E-state index in [1.54, 1.807) is 0 Å². The Morgan fingerprint density at radius 3 is 2.67 bits per heavy atom. The molecule has 1 aliphatic carbocycles. The molecule has 0 aromatic heterocycles. The highest BCUT2D eigenvalue weighted by atomic mass is 16.1. The monoisotopic (exact) mass is 244 g/mol. The molecule has 1 nitrogen and oxygen atoms in total. The Hall–Kier alpha value is -1.11. The predicted octanol–water partition coefficient (Wildman–Crippen LogP) is 4.55. The molecular formula is C17H24O. The summed E-state index contributed by atoms with van der Waals surface area (Å²) in [6.45, 7) is 0. The first-order valence-electron chi connectivity index (χ1n) is 7.43. The maximum atomic E-state index is 11.9. The molecule has 1 aromatic rings. The van der Waals surface area contributed by atoms with Crippen LogP contribution in [0.1, 0.15) is 56.9 Å². The molecule has 1 aliphatic rings. The molecule has 0 heterocycles. The Bertz CT molecular complexity index is 355. The second-order valence-electron chi connectivity index (χ2n) is 5.49. The Morgan fingerprint density at radius 2 is 1.83 bits per heavy atom. The van der Waals surface area contributed by atoms with Crippen LogP contribution in [0, 0.1) is 5.92 Å². The molecule has 98 valence electrons. The maximum Gasteiger partial charge on any atom is 0.135 e. The number of carbonyl (C=O) groups is 1. The Labute approximate surface area is 111 Å². The van der Waals surface area contributed by atoms with E-state index in [4.69, 9.17) is 0 Å². The van der Waals surface area contributed by atoms with Gasteiger partial charge in [0.2, 0.25) is 0 Å². The van der Waals surface area contributed by atoms with E-state index >= 15 is 0 Å². The molecule has 0 spiro atoms. The summed E-state index contributed by atoms with van der Waals surface area (Å²) in [4.78, 5) is 11.9. The maximum absolute atomic E-state index is 11.9. The van der Waals surface area contributed by atoms with Gasteiger partial charge in [0.25, 0.3) is 0 Å². The van der Waals surface area contributed by atoms with Crippen molar-refractivity contribution in [3.8, 4) is 0 Å². The zero-order valence-corrected chi connectivity index (χ0v) is 11.2. The minimum absolute atomic E-state index is 0.378. The summed E-state index contributed by atoms with van der Waals surface area (Å²) >= 11 is 0. The third-order valence-electron chi connectivity index (χ3n) is 4.04. The van der Waals surface area contributed by atoms with Gasteiger partial charge in [0.1, 0.15) is 5.78 Å². The average Bonchev–Trinajstić information content (AvgIpc) is 2.61. The van der Waals surface area contributed by atoms with Gasteiger partial charge in [-0.2, -0.15) is 0 Å². The van der Waals surface area contributed by atoms with E-state index in [9.17, 15) is 4.79 Å². The molecule has 0 amide bonds. The van der Waals surface area contributed by atoms with E-state index in [1.165, 1.54) is 31.2 Å². The highest BCUT2D eigenvalue weighted by Gasteiger charge is 2.19. The fourth-order valence-corrected chi connectivity index (χ4v) is 2.90. The average molecular weight is 244 g/mol. The molecule has 1 unspecified atom stereocenters. The molecule has 0 saturated heterocycles. The predicted molar refractivity (Wildman–Crippen MR) is 75.6 cm³/mol. The van der Waals surface area contributed by atoms with E-state index in [0.29, 0.717) is 11.7 Å². The molecule has 0 aliphatic heterocycles. The van der Waals surface area contributed by atoms with Crippen molar-refractivity contribution in [3.05, 3.63) is 35.9 Å². The van der Waals surface area contributed by atoms with E-state index in [-0.39, 0.29) is 0 Å². The van der Waals surface area contributed by atoms with Gasteiger partial charge in [0, 0.05) is 12.3 Å². The van der Waals surface area contributed by atoms with Crippen molar-refractivity contribution in [2.75, 3.05) is 0 Å². The Morgan fingerprint density at radius 1 is 1.00 bits per heavy atom. The van der Waals surface area contributed by atoms with Gasteiger partial charge in [-0.3, -0.25) is 4.79 Å². The number of Topliss-reactive ketones (excluding diaryl/α,β-unsaturated/α-hetero) is 1. The van der Waals surface area contributed by atoms with Gasteiger partial charge in [0.05, 0.1) is 0 Å². The molecular weight excluding hydrogens is 220 g/mol. The number of hydrogen-bond donors (Lipinski definition) is 0. The number of aryl methyl sites for hydroxylation is 1. The van der Waals surface area contributed by atoms with Gasteiger partial charge in [-0.15, -0.1) is 0 Å². The van der Waals surface area contributed by atoms with Gasteiger partial charge in [-0.25, -0.2) is 0 Å². The minimum Gasteiger partial charge on any atom is -0.299 e. The van der Waals surface area contributed by atoms with Crippen LogP contribution in [0.4, 0.5) is 0 Å². The molecule has 0 bridgehead atoms. The molecule has 1 atom stereocenters. The SMILES string of the molecule is O=C1CCCCCC1CCCCc1ccccc1. The molecule has 1 saturated carbocycles. The highest BCUT2D eigenvalue weighted by Crippen LogP contribution is 2.24. The standard InChI is InChI=1S/C17H24O/c18-17-14-6-2-5-12-16(17)13-8-7-11-15-9-3-1-4-10-15/h1,3-4,9-10,16H,2,5-8,11-14H2. The second kappa shape index (κ2) is 7.35. The van der Waals surface area contributed by atoms with Crippen molar-refractivity contribution in [2.45, 2.75) is 57.8 Å². The lowest BCUT2D eigenvalue weighted by atomic mass is 9.92. The molecule has 1 heteroatoms. The number of hydrogen-bond acceptors (Lipinski definition) is 1. The third-order valence-corrected chi connectivity index (χ3v) is 4.04. The zero-order valence-electron chi connectivity index (χ0n) is 11.2. The summed E-state index contributed by atoms with van der Waals surface area (Å²) in [5.74, 6) is 0.912. The summed E-state index contributed by atoms with van der Waals surface area (Å²) in [6.07, 6.45) is 10.3. The molecule has 1 aromatic carbocycles. The van der Waals surface area contributed by atoms with Crippen LogP contribution in [0.3, 0.4) is 0 Å². The third kappa shape index (κ3) is 4.29. The van der Waals surface area contributed by atoms with E-state index < -0.39 is 0 Å². The van der Waals surface area contributed by atoms with Crippen LogP contribution >= 0.6 is 0 Å². The molecule has 0 radical (unpaired) electrons. The summed E-state index contributed by atoms with van der Waals surface area (Å²) in [6, 6.07) is 10.6. The smallest absolute Gasteiger partial charge is 0.135 e. The van der Waals surface area contributed by atoms with Crippen LogP contribution in [0.15, 0.2) is 30.3 Å². The van der Waals surface area contributed by atoms with Crippen molar-refractivity contribution in [1.29, 1.82) is 0 Å². The lowest BCUT2D eigenvalue weighted by Crippen LogP contribution is -2.12. The summed E-state index contributed by atoms with van der Waals surface area (Å²) in [7, 11) is 0. The van der Waals surface area contributed by atoms with Crippen molar-refractivity contribution >= 4 is 5.78 Å². The largest absolute Gasteiger partial charge is 0.299 e. The van der Waals surface area contributed by atoms with Crippen molar-refractivity contribution < 1.29 is 4.79 Å². The van der Waals surface area contributed by atoms with E-state index in [2.05, 4.69) is 30.3 Å². The van der Waals surface area contributed by atoms with Crippen LogP contribution in [0.5, 0.6) is 0 Å². The molecule has 18 heavy (non-hydrogen) atoms. The van der Waals surface area contributed by atoms with Crippen molar-refractivity contribution in [1.82, 2.24) is 0 Å². The number of ketones is 1. The van der Waals surface area contributed by atoms with Crippen LogP contribution in [-0.4, -0.2) is 5.78 Å². The highest BCUT2D eigenvalue weighted by molar-refractivity contribution is 5.81. The lowest BCUT2D eigenvalue weighted by Gasteiger charge is -2.12. The van der Waals surface area contributed by atoms with E-state index in [1.807, 2.05) is 0 Å². The first kappa shape index (κ1) is 13.3. The van der Waals surface area contributed by atoms with Crippen LogP contribution in [0.25, 0.3) is 0 Å². The van der Waals surface area contributed by atoms with Crippen LogP contribution in [-0.2, 0) is 11.2 Å². The van der Waals surface area contributed by atoms with Crippen molar-refractivity contribution in [3.63, 3.8) is 0 Å². The normalized spacial score (nSPS) is 20.7. The van der Waals surface area contributed by atoms with Crippen LogP contribution in [0.2, 0.25) is 0 Å². The topological polar surface area (TPSA) is 17.1 Å². The number of unbranched alkanes of at least 4 members (excludes halogenated alkanes) is 1. The van der Waals surface area contributed by atoms with Gasteiger partial charge in [0.15, 0.2) is 0 Å². The summed E-state index contributed by atoms with van der Waals surface area (Å²) in [5, 5.41) is 0. The van der Waals surface area contributed by atoms with Gasteiger partial charge in [-0.05, 0) is 37.7 Å². The van der Waals surface area contributed by atoms with Gasteiger partial charge in [-0.1, -0.05) is 49.6 Å². The summed E-state index contributed by atoms with van der Waals surface area (Å²) < 4.78 is 0. The molecule has 0 N–H and O–H groups in total. The molecule has 2 rings (SSSR count). The van der Waals surface area contributed by atoms with Gasteiger partial charge >= 0.3 is 0 Å². The number of rotatable bonds is 5. The zero-order chi connectivity index (χ0) is 12.6. The quantitative estimate of drug-likeness (QED) is 0.548. The fourth-order valence-electron chi connectivity index (χ4n) is 2.90. The first-order valence-corrected chi connectivity index (χ1v) is 7.43. The first-order chi connectivity index (χ1) is 8.86. The lowest BCUT2D eigenvalue weighted by molar-refractivity contribution is -0.122. The second-order valence-corrected chi connectivity index (χ2v) is 5.49. The Balaban J connectivity index is 1.67. The minimum atomic E-state index is 0.378. The van der Waals surface area contributed by atoms with Crippen LogP contribution < -0.4 is 0 Å². The summed E-state index contributed by atoms with van der Waals surface area (Å²) in [5.41, 5.74) is 1.42. The van der Waals surface area contributed by atoms with Crippen molar-refractivity contribution in [2.24, 2.45) is 5.92 Å². The number of benzene rings is 1. The molecule has 1 fully saturated rings.